The van der Waals surface area contributed by atoms with Crippen LogP contribution in [0, 0.1) is 5.92 Å². The van der Waals surface area contributed by atoms with Gasteiger partial charge in [-0.15, -0.1) is 5.10 Å². The van der Waals surface area contributed by atoms with Gasteiger partial charge in [-0.25, -0.2) is 4.68 Å². The molecule has 1 aromatic rings. The van der Waals surface area contributed by atoms with E-state index in [0.717, 1.165) is 24.8 Å². The number of rotatable bonds is 7. The van der Waals surface area contributed by atoms with E-state index >= 15 is 0 Å². The molecule has 1 atom stereocenters. The predicted molar refractivity (Wildman–Crippen MR) is 58.8 cm³/mol. The van der Waals surface area contributed by atoms with E-state index in [2.05, 4.69) is 27.8 Å². The highest BCUT2D eigenvalue weighted by molar-refractivity contribution is 4.91. The minimum Gasteiger partial charge on any atom is -0.383 e. The summed E-state index contributed by atoms with van der Waals surface area (Å²) >= 11 is 0. The van der Waals surface area contributed by atoms with Crippen LogP contribution in [-0.2, 0) is 11.3 Å². The summed E-state index contributed by atoms with van der Waals surface area (Å²) in [6, 6.07) is 0.170. The summed E-state index contributed by atoms with van der Waals surface area (Å²) in [5.41, 5.74) is 0. The molecule has 90 valence electrons. The lowest BCUT2D eigenvalue weighted by atomic mass is 10.3. The molecule has 0 aliphatic heterocycles. The molecule has 0 bridgehead atoms. The number of hydrogen-bond acceptors (Lipinski definition) is 5. The van der Waals surface area contributed by atoms with Gasteiger partial charge in [-0.1, -0.05) is 0 Å². The summed E-state index contributed by atoms with van der Waals surface area (Å²) in [6.45, 7) is 4.55. The monoisotopic (exact) mass is 225 g/mol. The van der Waals surface area contributed by atoms with E-state index in [-0.39, 0.29) is 6.04 Å². The molecule has 1 saturated carbocycles. The maximum absolute atomic E-state index is 4.99. The summed E-state index contributed by atoms with van der Waals surface area (Å²) in [5.74, 6) is 1.71. The molecule has 0 amide bonds. The van der Waals surface area contributed by atoms with Crippen LogP contribution in [0.2, 0.25) is 0 Å². The first-order valence-corrected chi connectivity index (χ1v) is 5.79. The van der Waals surface area contributed by atoms with E-state index in [1.54, 1.807) is 7.11 Å². The van der Waals surface area contributed by atoms with E-state index < -0.39 is 0 Å². The molecule has 1 aliphatic carbocycles. The Bertz CT molecular complexity index is 323. The quantitative estimate of drug-likeness (QED) is 0.680. The number of ether oxygens (including phenoxy) is 1. The van der Waals surface area contributed by atoms with Crippen LogP contribution in [-0.4, -0.2) is 40.5 Å². The normalized spacial score (nSPS) is 17.6. The van der Waals surface area contributed by atoms with Gasteiger partial charge in [-0.3, -0.25) is 0 Å². The first-order valence-electron chi connectivity index (χ1n) is 5.79. The largest absolute Gasteiger partial charge is 0.383 e. The fourth-order valence-electron chi connectivity index (χ4n) is 1.67. The van der Waals surface area contributed by atoms with Crippen molar-refractivity contribution in [2.45, 2.75) is 32.4 Å². The van der Waals surface area contributed by atoms with Crippen molar-refractivity contribution in [3.05, 3.63) is 5.82 Å². The van der Waals surface area contributed by atoms with Gasteiger partial charge in [0.25, 0.3) is 0 Å². The second kappa shape index (κ2) is 5.36. The van der Waals surface area contributed by atoms with E-state index in [4.69, 9.17) is 4.74 Å². The lowest BCUT2D eigenvalue weighted by Gasteiger charge is -2.12. The Morgan fingerprint density at radius 1 is 1.56 bits per heavy atom. The first-order chi connectivity index (χ1) is 7.81. The average molecular weight is 225 g/mol. The zero-order valence-electron chi connectivity index (χ0n) is 9.89. The number of nitrogens with one attached hydrogen (secondary N) is 1. The van der Waals surface area contributed by atoms with Gasteiger partial charge in [-0.05, 0) is 36.1 Å². The summed E-state index contributed by atoms with van der Waals surface area (Å²) in [6.07, 6.45) is 2.62. The Morgan fingerprint density at radius 3 is 3.06 bits per heavy atom. The zero-order chi connectivity index (χ0) is 11.4. The highest BCUT2D eigenvalue weighted by Gasteiger charge is 2.24. The van der Waals surface area contributed by atoms with Crippen LogP contribution in [0.15, 0.2) is 0 Å². The lowest BCUT2D eigenvalue weighted by Crippen LogP contribution is -2.26. The molecule has 1 heterocycles. The Hall–Kier alpha value is -1.01. The number of aromatic nitrogens is 4. The molecule has 0 aromatic carbocycles. The molecular formula is C10H19N5O. The van der Waals surface area contributed by atoms with Gasteiger partial charge >= 0.3 is 0 Å². The van der Waals surface area contributed by atoms with Crippen molar-refractivity contribution in [1.29, 1.82) is 0 Å². The molecule has 6 heteroatoms. The van der Waals surface area contributed by atoms with Gasteiger partial charge in [0, 0.05) is 20.2 Å². The van der Waals surface area contributed by atoms with E-state index in [1.807, 2.05) is 4.68 Å². The van der Waals surface area contributed by atoms with Crippen LogP contribution >= 0.6 is 0 Å². The van der Waals surface area contributed by atoms with Crippen LogP contribution in [0.1, 0.15) is 31.6 Å². The fourth-order valence-corrected chi connectivity index (χ4v) is 1.67. The standard InChI is InChI=1S/C10H19N5O/c1-8(11-5-6-16-2)10-12-13-14-15(10)7-9-3-4-9/h8-9,11H,3-7H2,1-2H3. The van der Waals surface area contributed by atoms with Crippen molar-refractivity contribution in [2.24, 2.45) is 5.92 Å². The van der Waals surface area contributed by atoms with Crippen molar-refractivity contribution in [2.75, 3.05) is 20.3 Å². The number of nitrogens with zero attached hydrogens (tertiary/aromatic N) is 4. The molecule has 1 aromatic heterocycles. The van der Waals surface area contributed by atoms with Crippen molar-refractivity contribution in [3.63, 3.8) is 0 Å². The third-order valence-electron chi connectivity index (χ3n) is 2.83. The van der Waals surface area contributed by atoms with E-state index in [0.29, 0.717) is 6.61 Å². The Labute approximate surface area is 95.4 Å². The summed E-state index contributed by atoms with van der Waals surface area (Å²) in [5, 5.41) is 15.2. The van der Waals surface area contributed by atoms with Gasteiger partial charge in [0.2, 0.25) is 0 Å². The fraction of sp³-hybridized carbons (Fsp3) is 0.900. The van der Waals surface area contributed by atoms with Gasteiger partial charge in [0.05, 0.1) is 12.6 Å². The third-order valence-corrected chi connectivity index (χ3v) is 2.83. The minimum absolute atomic E-state index is 0.170. The van der Waals surface area contributed by atoms with Crippen molar-refractivity contribution in [3.8, 4) is 0 Å². The average Bonchev–Trinajstić information content (AvgIpc) is 2.95. The van der Waals surface area contributed by atoms with Crippen LogP contribution < -0.4 is 5.32 Å². The highest BCUT2D eigenvalue weighted by Crippen LogP contribution is 2.30. The third kappa shape index (κ3) is 2.99. The lowest BCUT2D eigenvalue weighted by molar-refractivity contribution is 0.195. The number of hydrogen-bond donors (Lipinski definition) is 1. The molecule has 1 N–H and O–H groups in total. The zero-order valence-corrected chi connectivity index (χ0v) is 9.89. The maximum Gasteiger partial charge on any atom is 0.167 e. The van der Waals surface area contributed by atoms with Crippen LogP contribution in [0.25, 0.3) is 0 Å². The van der Waals surface area contributed by atoms with Crippen LogP contribution in [0.5, 0.6) is 0 Å². The molecular weight excluding hydrogens is 206 g/mol. The van der Waals surface area contributed by atoms with Gasteiger partial charge in [0.15, 0.2) is 5.82 Å². The molecule has 0 saturated heterocycles. The predicted octanol–water partition coefficient (Wildman–Crippen LogP) is 0.380. The highest BCUT2D eigenvalue weighted by atomic mass is 16.5. The number of tetrazole rings is 1. The van der Waals surface area contributed by atoms with Crippen LogP contribution in [0.3, 0.4) is 0 Å². The smallest absolute Gasteiger partial charge is 0.167 e. The topological polar surface area (TPSA) is 64.9 Å². The second-order valence-corrected chi connectivity index (χ2v) is 4.33. The maximum atomic E-state index is 4.99. The Kier molecular flexibility index (Phi) is 3.84. The molecule has 0 spiro atoms. The Morgan fingerprint density at radius 2 is 2.38 bits per heavy atom. The molecule has 0 radical (unpaired) electrons. The SMILES string of the molecule is COCCNC(C)c1nnnn1CC1CC1. The van der Waals surface area contributed by atoms with E-state index in [9.17, 15) is 0 Å². The van der Waals surface area contributed by atoms with E-state index in [1.165, 1.54) is 12.8 Å². The van der Waals surface area contributed by atoms with Crippen molar-refractivity contribution >= 4 is 0 Å². The molecule has 1 aliphatic rings. The summed E-state index contributed by atoms with van der Waals surface area (Å²) in [7, 11) is 1.70. The van der Waals surface area contributed by atoms with Gasteiger partial charge < -0.3 is 10.1 Å². The summed E-state index contributed by atoms with van der Waals surface area (Å²) in [4.78, 5) is 0. The Balaban J connectivity index is 1.87. The number of methoxy groups -OCH3 is 1. The molecule has 6 nitrogen and oxygen atoms in total. The van der Waals surface area contributed by atoms with Crippen molar-refractivity contribution < 1.29 is 4.74 Å². The molecule has 1 fully saturated rings. The first kappa shape index (κ1) is 11.5. The van der Waals surface area contributed by atoms with Gasteiger partial charge in [0.1, 0.15) is 0 Å². The minimum atomic E-state index is 0.170. The summed E-state index contributed by atoms with van der Waals surface area (Å²) < 4.78 is 6.91. The van der Waals surface area contributed by atoms with Crippen LogP contribution in [0.4, 0.5) is 0 Å². The molecule has 1 unspecified atom stereocenters. The second-order valence-electron chi connectivity index (χ2n) is 4.33. The van der Waals surface area contributed by atoms with Crippen molar-refractivity contribution in [1.82, 2.24) is 25.5 Å². The molecule has 2 rings (SSSR count). The van der Waals surface area contributed by atoms with Gasteiger partial charge in [-0.2, -0.15) is 0 Å². The molecule has 16 heavy (non-hydrogen) atoms.